The zero-order valence-electron chi connectivity index (χ0n) is 14.6. The first kappa shape index (κ1) is 17.7. The predicted octanol–water partition coefficient (Wildman–Crippen LogP) is 2.36. The fourth-order valence-corrected chi connectivity index (χ4v) is 2.94. The van der Waals surface area contributed by atoms with E-state index in [0.29, 0.717) is 6.54 Å². The number of ether oxygens (including phenoxy) is 2. The van der Waals surface area contributed by atoms with Crippen LogP contribution in [0.3, 0.4) is 0 Å². The van der Waals surface area contributed by atoms with Crippen LogP contribution >= 0.6 is 0 Å². The van der Waals surface area contributed by atoms with Gasteiger partial charge in [-0.15, -0.1) is 0 Å². The lowest BCUT2D eigenvalue weighted by Crippen LogP contribution is -2.36. The minimum absolute atomic E-state index is 0.511. The molecule has 2 N–H and O–H groups in total. The van der Waals surface area contributed by atoms with Crippen LogP contribution in [0.4, 0.5) is 5.69 Å². The summed E-state index contributed by atoms with van der Waals surface area (Å²) in [5.74, 6) is 0.796. The molecule has 1 aliphatic rings. The van der Waals surface area contributed by atoms with E-state index in [0.717, 1.165) is 44.2 Å². The molecule has 1 aliphatic heterocycles. The number of hydrogen-bond acceptors (Lipinski definition) is 5. The monoisotopic (exact) mass is 342 g/mol. The molecular formula is C20H26N2O3. The van der Waals surface area contributed by atoms with E-state index in [1.807, 2.05) is 24.3 Å². The molecule has 2 aromatic carbocycles. The summed E-state index contributed by atoms with van der Waals surface area (Å²) < 4.78 is 10.5. The van der Waals surface area contributed by atoms with Crippen LogP contribution in [0.25, 0.3) is 0 Å². The molecule has 0 saturated carbocycles. The van der Waals surface area contributed by atoms with Crippen molar-refractivity contribution in [1.82, 2.24) is 5.32 Å². The Morgan fingerprint density at radius 3 is 2.40 bits per heavy atom. The Morgan fingerprint density at radius 2 is 1.76 bits per heavy atom. The van der Waals surface area contributed by atoms with E-state index in [1.165, 1.54) is 11.3 Å². The van der Waals surface area contributed by atoms with Gasteiger partial charge in [0, 0.05) is 31.9 Å². The Bertz CT molecular complexity index is 637. The highest BCUT2D eigenvalue weighted by molar-refractivity contribution is 5.47. The maximum atomic E-state index is 10.3. The van der Waals surface area contributed by atoms with Crippen molar-refractivity contribution in [2.24, 2.45) is 0 Å². The number of benzene rings is 2. The zero-order chi connectivity index (χ0) is 17.5. The van der Waals surface area contributed by atoms with Gasteiger partial charge in [-0.3, -0.25) is 0 Å². The zero-order valence-corrected chi connectivity index (χ0v) is 14.6. The first-order chi connectivity index (χ1) is 12.3. The molecule has 0 aromatic heterocycles. The van der Waals surface area contributed by atoms with E-state index in [2.05, 4.69) is 34.5 Å². The van der Waals surface area contributed by atoms with E-state index in [-0.39, 0.29) is 0 Å². The third-order valence-electron chi connectivity index (χ3n) is 4.48. The lowest BCUT2D eigenvalue weighted by molar-refractivity contribution is 0.122. The number of hydrogen-bond donors (Lipinski definition) is 2. The number of aliphatic hydroxyl groups excluding tert-OH is 1. The summed E-state index contributed by atoms with van der Waals surface area (Å²) in [6.45, 7) is 4.74. The Morgan fingerprint density at radius 1 is 1.08 bits per heavy atom. The molecule has 1 heterocycles. The van der Waals surface area contributed by atoms with Crippen molar-refractivity contribution in [2.45, 2.75) is 12.6 Å². The molecular weight excluding hydrogens is 316 g/mol. The summed E-state index contributed by atoms with van der Waals surface area (Å²) >= 11 is 0. The summed E-state index contributed by atoms with van der Waals surface area (Å²) in [6.07, 6.45) is -0.529. The van der Waals surface area contributed by atoms with Crippen molar-refractivity contribution in [3.05, 3.63) is 59.7 Å². The van der Waals surface area contributed by atoms with Crippen LogP contribution in [0.1, 0.15) is 17.2 Å². The number of rotatable bonds is 7. The minimum atomic E-state index is -0.529. The van der Waals surface area contributed by atoms with E-state index in [1.54, 1.807) is 7.11 Å². The van der Waals surface area contributed by atoms with Gasteiger partial charge in [0.2, 0.25) is 0 Å². The van der Waals surface area contributed by atoms with Gasteiger partial charge < -0.3 is 24.8 Å². The third-order valence-corrected chi connectivity index (χ3v) is 4.48. The highest BCUT2D eigenvalue weighted by Crippen LogP contribution is 2.18. The van der Waals surface area contributed by atoms with Gasteiger partial charge >= 0.3 is 0 Å². The number of morpholine rings is 1. The third kappa shape index (κ3) is 4.95. The standard InChI is InChI=1S/C20H26N2O3/c1-24-19-8-4-17(5-9-19)20(23)15-21-14-16-2-6-18(7-3-16)22-10-12-25-13-11-22/h2-9,20-21,23H,10-15H2,1H3. The number of methoxy groups -OCH3 is 1. The highest BCUT2D eigenvalue weighted by Gasteiger charge is 2.11. The maximum Gasteiger partial charge on any atom is 0.118 e. The van der Waals surface area contributed by atoms with Crippen LogP contribution < -0.4 is 15.0 Å². The average Bonchev–Trinajstić information content (AvgIpc) is 2.69. The number of nitrogens with zero attached hydrogens (tertiary/aromatic N) is 1. The van der Waals surface area contributed by atoms with Crippen LogP contribution in [0.2, 0.25) is 0 Å². The molecule has 5 heteroatoms. The second-order valence-electron chi connectivity index (χ2n) is 6.19. The van der Waals surface area contributed by atoms with Crippen molar-refractivity contribution < 1.29 is 14.6 Å². The molecule has 134 valence electrons. The van der Waals surface area contributed by atoms with Gasteiger partial charge in [-0.25, -0.2) is 0 Å². The molecule has 2 aromatic rings. The summed E-state index contributed by atoms with van der Waals surface area (Å²) in [7, 11) is 1.64. The molecule has 1 unspecified atom stereocenters. The number of anilines is 1. The molecule has 1 fully saturated rings. The smallest absolute Gasteiger partial charge is 0.118 e. The average molecular weight is 342 g/mol. The second-order valence-corrected chi connectivity index (χ2v) is 6.19. The number of aliphatic hydroxyl groups is 1. The van der Waals surface area contributed by atoms with Gasteiger partial charge in [-0.2, -0.15) is 0 Å². The second kappa shape index (κ2) is 8.85. The normalized spacial score (nSPS) is 15.8. The SMILES string of the molecule is COc1ccc(C(O)CNCc2ccc(N3CCOCC3)cc2)cc1. The molecule has 3 rings (SSSR count). The lowest BCUT2D eigenvalue weighted by Gasteiger charge is -2.28. The molecule has 1 atom stereocenters. The van der Waals surface area contributed by atoms with Crippen LogP contribution in [-0.4, -0.2) is 45.1 Å². The molecule has 0 bridgehead atoms. The van der Waals surface area contributed by atoms with Crippen molar-refractivity contribution in [1.29, 1.82) is 0 Å². The Balaban J connectivity index is 1.46. The Kier molecular flexibility index (Phi) is 6.28. The van der Waals surface area contributed by atoms with E-state index < -0.39 is 6.10 Å². The molecule has 0 aliphatic carbocycles. The van der Waals surface area contributed by atoms with Gasteiger partial charge in [0.15, 0.2) is 0 Å². The molecule has 5 nitrogen and oxygen atoms in total. The van der Waals surface area contributed by atoms with Crippen molar-refractivity contribution >= 4 is 5.69 Å². The summed E-state index contributed by atoms with van der Waals surface area (Å²) in [5.41, 5.74) is 3.33. The molecule has 25 heavy (non-hydrogen) atoms. The number of nitrogens with one attached hydrogen (secondary N) is 1. The summed E-state index contributed by atoms with van der Waals surface area (Å²) in [5, 5.41) is 13.6. The first-order valence-corrected chi connectivity index (χ1v) is 8.70. The van der Waals surface area contributed by atoms with Crippen molar-refractivity contribution in [2.75, 3.05) is 44.9 Å². The molecule has 0 amide bonds. The quantitative estimate of drug-likeness (QED) is 0.809. The van der Waals surface area contributed by atoms with E-state index >= 15 is 0 Å². The van der Waals surface area contributed by atoms with Gasteiger partial charge in [-0.1, -0.05) is 24.3 Å². The Hall–Kier alpha value is -2.08. The Labute approximate surface area is 149 Å². The molecule has 0 spiro atoms. The van der Waals surface area contributed by atoms with Gasteiger partial charge in [0.1, 0.15) is 5.75 Å². The lowest BCUT2D eigenvalue weighted by atomic mass is 10.1. The summed E-state index contributed by atoms with van der Waals surface area (Å²) in [4.78, 5) is 2.34. The van der Waals surface area contributed by atoms with Gasteiger partial charge in [0.05, 0.1) is 26.4 Å². The first-order valence-electron chi connectivity index (χ1n) is 8.70. The van der Waals surface area contributed by atoms with Crippen LogP contribution in [0.15, 0.2) is 48.5 Å². The fraction of sp³-hybridized carbons (Fsp3) is 0.400. The molecule has 0 radical (unpaired) electrons. The van der Waals surface area contributed by atoms with Crippen molar-refractivity contribution in [3.8, 4) is 5.75 Å². The summed E-state index contributed by atoms with van der Waals surface area (Å²) in [6, 6.07) is 16.1. The van der Waals surface area contributed by atoms with Gasteiger partial charge in [0.25, 0.3) is 0 Å². The minimum Gasteiger partial charge on any atom is -0.497 e. The van der Waals surface area contributed by atoms with Crippen LogP contribution in [0.5, 0.6) is 5.75 Å². The maximum absolute atomic E-state index is 10.3. The van der Waals surface area contributed by atoms with Crippen molar-refractivity contribution in [3.63, 3.8) is 0 Å². The molecule has 1 saturated heterocycles. The topological polar surface area (TPSA) is 54.0 Å². The van der Waals surface area contributed by atoms with Crippen LogP contribution in [-0.2, 0) is 11.3 Å². The fourth-order valence-electron chi connectivity index (χ4n) is 2.94. The highest BCUT2D eigenvalue weighted by atomic mass is 16.5. The largest absolute Gasteiger partial charge is 0.497 e. The van der Waals surface area contributed by atoms with E-state index in [4.69, 9.17) is 9.47 Å². The van der Waals surface area contributed by atoms with Crippen LogP contribution in [0, 0.1) is 0 Å². The van der Waals surface area contributed by atoms with Gasteiger partial charge in [-0.05, 0) is 35.4 Å². The predicted molar refractivity (Wildman–Crippen MR) is 99.1 cm³/mol. The van der Waals surface area contributed by atoms with E-state index in [9.17, 15) is 5.11 Å².